The van der Waals surface area contributed by atoms with Gasteiger partial charge in [0.2, 0.25) is 17.7 Å². The Kier molecular flexibility index (Phi) is 6.36. The van der Waals surface area contributed by atoms with Crippen molar-refractivity contribution in [2.75, 3.05) is 17.2 Å². The lowest BCUT2D eigenvalue weighted by Gasteiger charge is -2.36. The average Bonchev–Trinajstić information content (AvgIpc) is 3.44. The van der Waals surface area contributed by atoms with Gasteiger partial charge in [0.1, 0.15) is 11.6 Å². The van der Waals surface area contributed by atoms with Crippen molar-refractivity contribution < 1.29 is 24.2 Å². The van der Waals surface area contributed by atoms with Crippen molar-refractivity contribution in [2.24, 2.45) is 11.8 Å². The van der Waals surface area contributed by atoms with Crippen LogP contribution in [-0.4, -0.2) is 57.6 Å². The molecule has 3 aliphatic heterocycles. The number of carbonyl (C=O) groups excluding carboxylic acids is 3. The van der Waals surface area contributed by atoms with Gasteiger partial charge in [-0.05, 0) is 63.3 Å². The first-order valence-corrected chi connectivity index (χ1v) is 13.0. The van der Waals surface area contributed by atoms with Crippen molar-refractivity contribution in [1.82, 2.24) is 4.90 Å². The highest BCUT2D eigenvalue weighted by atomic mass is 16.5. The summed E-state index contributed by atoms with van der Waals surface area (Å²) in [5.74, 6) is -2.52. The van der Waals surface area contributed by atoms with E-state index in [-0.39, 0.29) is 24.3 Å². The van der Waals surface area contributed by atoms with E-state index in [1.165, 1.54) is 4.90 Å². The number of rotatable bonds is 7. The summed E-state index contributed by atoms with van der Waals surface area (Å²) in [6, 6.07) is 13.4. The summed E-state index contributed by atoms with van der Waals surface area (Å²) in [6.07, 6.45) is 1.51. The quantitative estimate of drug-likeness (QED) is 0.535. The Hall–Kier alpha value is -3.23. The van der Waals surface area contributed by atoms with Crippen molar-refractivity contribution in [1.29, 1.82) is 0 Å². The molecule has 3 saturated heterocycles. The number of para-hydroxylation sites is 2. The van der Waals surface area contributed by atoms with E-state index in [1.54, 1.807) is 12.1 Å². The zero-order chi connectivity index (χ0) is 26.5. The van der Waals surface area contributed by atoms with E-state index in [9.17, 15) is 19.5 Å². The molecule has 1 spiro atoms. The number of nitrogens with zero attached hydrogens (tertiary/aromatic N) is 1. The van der Waals surface area contributed by atoms with E-state index < -0.39 is 35.1 Å². The molecule has 3 amide bonds. The number of fused-ring (bicyclic) bond motifs is 1. The normalized spacial score (nSPS) is 30.8. The van der Waals surface area contributed by atoms with Gasteiger partial charge in [0, 0.05) is 11.4 Å². The number of aryl methyl sites for hydroxylation is 2. The highest BCUT2D eigenvalue weighted by molar-refractivity contribution is 6.05. The number of anilines is 2. The van der Waals surface area contributed by atoms with Crippen LogP contribution in [-0.2, 0) is 19.1 Å². The van der Waals surface area contributed by atoms with Crippen LogP contribution in [0.3, 0.4) is 0 Å². The Bertz CT molecular complexity index is 1210. The highest BCUT2D eigenvalue weighted by Gasteiger charge is 2.78. The molecule has 37 heavy (non-hydrogen) atoms. The predicted octanol–water partition coefficient (Wildman–Crippen LogP) is 3.42. The molecule has 3 N–H and O–H groups in total. The van der Waals surface area contributed by atoms with Gasteiger partial charge in [0.25, 0.3) is 0 Å². The molecule has 2 bridgehead atoms. The maximum Gasteiger partial charge on any atom is 0.250 e. The van der Waals surface area contributed by atoms with Gasteiger partial charge in [-0.25, -0.2) is 0 Å². The standard InChI is InChI=1S/C29H35N3O5/c1-5-20(16-33)32-24(26(35)31-23-17(2)10-9-11-18(23)3)29-15-14-28(4,37-29)21(22(29)27(32)36)25(34)30-19-12-7-6-8-13-19/h6-13,20-22,24,33H,5,14-16H2,1-4H3,(H,30,34)(H,31,35)/t20-,21-,22-,24?,28+,29?/m0/s1. The van der Waals surface area contributed by atoms with Crippen molar-refractivity contribution in [3.05, 3.63) is 59.7 Å². The first-order valence-electron chi connectivity index (χ1n) is 13.0. The number of aliphatic hydroxyl groups excluding tert-OH is 1. The molecule has 3 fully saturated rings. The molecule has 0 radical (unpaired) electrons. The number of hydrogen-bond donors (Lipinski definition) is 3. The Morgan fingerprint density at radius 1 is 1.05 bits per heavy atom. The number of benzene rings is 2. The number of aliphatic hydroxyl groups is 1. The first kappa shape index (κ1) is 25.4. The van der Waals surface area contributed by atoms with E-state index in [0.29, 0.717) is 30.6 Å². The van der Waals surface area contributed by atoms with Gasteiger partial charge in [-0.1, -0.05) is 43.3 Å². The minimum atomic E-state index is -1.15. The van der Waals surface area contributed by atoms with Crippen LogP contribution in [0.2, 0.25) is 0 Å². The number of ether oxygens (including phenoxy) is 1. The molecular weight excluding hydrogens is 470 g/mol. The zero-order valence-corrected chi connectivity index (χ0v) is 21.8. The summed E-state index contributed by atoms with van der Waals surface area (Å²) in [6.45, 7) is 7.31. The maximum absolute atomic E-state index is 14.1. The van der Waals surface area contributed by atoms with Crippen LogP contribution >= 0.6 is 0 Å². The summed E-state index contributed by atoms with van der Waals surface area (Å²) in [7, 11) is 0. The molecule has 0 aromatic heterocycles. The first-order chi connectivity index (χ1) is 17.7. The van der Waals surface area contributed by atoms with Crippen LogP contribution in [0.5, 0.6) is 0 Å². The molecule has 8 nitrogen and oxygen atoms in total. The van der Waals surface area contributed by atoms with Gasteiger partial charge in [0.05, 0.1) is 30.1 Å². The molecule has 8 heteroatoms. The SMILES string of the molecule is CC[C@@H](CO)N1C(=O)[C@@H]2[C@@H](C(=O)Nc3ccccc3)[C@@]3(C)CCC2(O3)C1C(=O)Nc1c(C)cccc1C. The smallest absolute Gasteiger partial charge is 0.250 e. The molecular formula is C29H35N3O5. The fourth-order valence-electron chi connectivity index (χ4n) is 6.82. The minimum absolute atomic E-state index is 0.281. The summed E-state index contributed by atoms with van der Waals surface area (Å²) >= 11 is 0. The van der Waals surface area contributed by atoms with Crippen LogP contribution in [0, 0.1) is 25.7 Å². The predicted molar refractivity (Wildman–Crippen MR) is 140 cm³/mol. The van der Waals surface area contributed by atoms with Crippen LogP contribution in [0.15, 0.2) is 48.5 Å². The second-order valence-corrected chi connectivity index (χ2v) is 10.8. The van der Waals surface area contributed by atoms with Crippen molar-refractivity contribution in [3.63, 3.8) is 0 Å². The number of amides is 3. The van der Waals surface area contributed by atoms with Crippen LogP contribution in [0.25, 0.3) is 0 Å². The van der Waals surface area contributed by atoms with Gasteiger partial charge < -0.3 is 25.4 Å². The van der Waals surface area contributed by atoms with E-state index in [4.69, 9.17) is 4.74 Å². The fourth-order valence-corrected chi connectivity index (χ4v) is 6.82. The Morgan fingerprint density at radius 3 is 2.35 bits per heavy atom. The number of nitrogens with one attached hydrogen (secondary N) is 2. The van der Waals surface area contributed by atoms with Gasteiger partial charge >= 0.3 is 0 Å². The molecule has 3 heterocycles. The molecule has 2 aromatic rings. The summed E-state index contributed by atoms with van der Waals surface area (Å²) in [5, 5.41) is 16.2. The van der Waals surface area contributed by atoms with E-state index in [0.717, 1.165) is 11.1 Å². The van der Waals surface area contributed by atoms with Crippen LogP contribution in [0.1, 0.15) is 44.2 Å². The zero-order valence-electron chi connectivity index (χ0n) is 21.8. The van der Waals surface area contributed by atoms with Crippen LogP contribution in [0.4, 0.5) is 11.4 Å². The van der Waals surface area contributed by atoms with E-state index in [2.05, 4.69) is 10.6 Å². The molecule has 6 atom stereocenters. The molecule has 5 rings (SSSR count). The largest absolute Gasteiger partial charge is 0.394 e. The van der Waals surface area contributed by atoms with Gasteiger partial charge in [0.15, 0.2) is 0 Å². The number of hydrogen-bond acceptors (Lipinski definition) is 5. The third kappa shape index (κ3) is 3.85. The maximum atomic E-state index is 14.1. The second kappa shape index (κ2) is 9.26. The Morgan fingerprint density at radius 2 is 1.73 bits per heavy atom. The molecule has 0 aliphatic carbocycles. The third-order valence-electron chi connectivity index (χ3n) is 8.59. The minimum Gasteiger partial charge on any atom is -0.394 e. The second-order valence-electron chi connectivity index (χ2n) is 10.8. The monoisotopic (exact) mass is 505 g/mol. The molecule has 0 saturated carbocycles. The molecule has 3 aliphatic rings. The molecule has 2 unspecified atom stereocenters. The highest BCUT2D eigenvalue weighted by Crippen LogP contribution is 2.63. The lowest BCUT2D eigenvalue weighted by molar-refractivity contribution is -0.146. The molecule has 2 aromatic carbocycles. The number of likely N-dealkylation sites (tertiary alicyclic amines) is 1. The van der Waals surface area contributed by atoms with Crippen molar-refractivity contribution >= 4 is 29.1 Å². The lowest BCUT2D eigenvalue weighted by Crippen LogP contribution is -2.56. The fraction of sp³-hybridized carbons (Fsp3) is 0.483. The van der Waals surface area contributed by atoms with Crippen molar-refractivity contribution in [3.8, 4) is 0 Å². The van der Waals surface area contributed by atoms with E-state index >= 15 is 0 Å². The van der Waals surface area contributed by atoms with Gasteiger partial charge in [-0.15, -0.1) is 0 Å². The molecule has 196 valence electrons. The summed E-state index contributed by atoms with van der Waals surface area (Å²) in [5.41, 5.74) is 1.15. The van der Waals surface area contributed by atoms with Crippen molar-refractivity contribution in [2.45, 2.75) is 70.2 Å². The number of carbonyl (C=O) groups is 3. The van der Waals surface area contributed by atoms with E-state index in [1.807, 2.05) is 64.1 Å². The Balaban J connectivity index is 1.55. The lowest BCUT2D eigenvalue weighted by atomic mass is 9.66. The summed E-state index contributed by atoms with van der Waals surface area (Å²) in [4.78, 5) is 43.3. The Labute approximate surface area is 217 Å². The summed E-state index contributed by atoms with van der Waals surface area (Å²) < 4.78 is 6.65. The van der Waals surface area contributed by atoms with Crippen LogP contribution < -0.4 is 10.6 Å². The van der Waals surface area contributed by atoms with Gasteiger partial charge in [-0.3, -0.25) is 14.4 Å². The average molecular weight is 506 g/mol. The van der Waals surface area contributed by atoms with Gasteiger partial charge in [-0.2, -0.15) is 0 Å². The topological polar surface area (TPSA) is 108 Å². The third-order valence-corrected chi connectivity index (χ3v) is 8.59.